The van der Waals surface area contributed by atoms with Crippen molar-refractivity contribution in [3.05, 3.63) is 28.6 Å². The van der Waals surface area contributed by atoms with Gasteiger partial charge in [-0.15, -0.1) is 11.3 Å². The molecule has 3 aromatic rings. The first kappa shape index (κ1) is 14.6. The Bertz CT molecular complexity index is 873. The summed E-state index contributed by atoms with van der Waals surface area (Å²) in [6.07, 6.45) is 4.09. The van der Waals surface area contributed by atoms with Crippen molar-refractivity contribution in [3.8, 4) is 27.8 Å². The summed E-state index contributed by atoms with van der Waals surface area (Å²) in [4.78, 5) is 14.5. The first-order valence-electron chi connectivity index (χ1n) is 7.32. The highest BCUT2D eigenvalue weighted by molar-refractivity contribution is 7.15. The SMILES string of the molecule is CC(C)n1ncnc1-c1nc2c(s1)CCOc1cc(Cl)ncc1-2. The molecule has 0 radical (unpaired) electrons. The maximum atomic E-state index is 5.97. The van der Waals surface area contributed by atoms with Gasteiger partial charge in [0.05, 0.1) is 17.9 Å². The van der Waals surface area contributed by atoms with Crippen LogP contribution in [-0.2, 0) is 6.42 Å². The molecule has 0 fully saturated rings. The molecular formula is C15H14ClN5OS. The molecule has 1 aliphatic rings. The molecule has 0 spiro atoms. The van der Waals surface area contributed by atoms with Gasteiger partial charge in [0.15, 0.2) is 10.8 Å². The van der Waals surface area contributed by atoms with Crippen molar-refractivity contribution < 1.29 is 4.74 Å². The van der Waals surface area contributed by atoms with Crippen molar-refractivity contribution in [2.75, 3.05) is 6.61 Å². The van der Waals surface area contributed by atoms with E-state index in [-0.39, 0.29) is 6.04 Å². The third-order valence-corrected chi connectivity index (χ3v) is 4.94. The van der Waals surface area contributed by atoms with E-state index in [2.05, 4.69) is 28.9 Å². The van der Waals surface area contributed by atoms with E-state index in [1.807, 2.05) is 4.68 Å². The van der Waals surface area contributed by atoms with Gasteiger partial charge in [-0.05, 0) is 13.8 Å². The lowest BCUT2D eigenvalue weighted by molar-refractivity contribution is 0.327. The van der Waals surface area contributed by atoms with Crippen LogP contribution in [-0.4, -0.2) is 31.3 Å². The third kappa shape index (κ3) is 2.49. The van der Waals surface area contributed by atoms with Crippen molar-refractivity contribution in [1.82, 2.24) is 24.7 Å². The van der Waals surface area contributed by atoms with Gasteiger partial charge in [0, 0.05) is 29.6 Å². The molecule has 6 nitrogen and oxygen atoms in total. The summed E-state index contributed by atoms with van der Waals surface area (Å²) in [7, 11) is 0. The maximum absolute atomic E-state index is 5.97. The number of halogens is 1. The Morgan fingerprint density at radius 1 is 1.35 bits per heavy atom. The van der Waals surface area contributed by atoms with Crippen LogP contribution in [0.2, 0.25) is 5.15 Å². The van der Waals surface area contributed by atoms with Gasteiger partial charge in [0.2, 0.25) is 0 Å². The van der Waals surface area contributed by atoms with Crippen LogP contribution in [0.1, 0.15) is 24.8 Å². The molecule has 3 aromatic heterocycles. The summed E-state index contributed by atoms with van der Waals surface area (Å²) in [5, 5.41) is 5.57. The summed E-state index contributed by atoms with van der Waals surface area (Å²) in [5.74, 6) is 1.52. The van der Waals surface area contributed by atoms with Crippen LogP contribution >= 0.6 is 22.9 Å². The zero-order chi connectivity index (χ0) is 16.0. The smallest absolute Gasteiger partial charge is 0.187 e. The molecule has 0 aliphatic carbocycles. The Morgan fingerprint density at radius 2 is 2.22 bits per heavy atom. The van der Waals surface area contributed by atoms with E-state index < -0.39 is 0 Å². The molecule has 0 saturated carbocycles. The number of aromatic nitrogens is 5. The molecule has 4 heterocycles. The van der Waals surface area contributed by atoms with E-state index >= 15 is 0 Å². The summed E-state index contributed by atoms with van der Waals surface area (Å²) < 4.78 is 7.66. The van der Waals surface area contributed by atoms with Crippen LogP contribution in [0.15, 0.2) is 18.6 Å². The Morgan fingerprint density at radius 3 is 3.04 bits per heavy atom. The zero-order valence-corrected chi connectivity index (χ0v) is 14.2. The average Bonchev–Trinajstić information content (AvgIpc) is 3.11. The molecule has 4 rings (SSSR count). The number of pyridine rings is 1. The normalized spacial score (nSPS) is 13.4. The highest BCUT2D eigenvalue weighted by Gasteiger charge is 2.23. The molecule has 1 aliphatic heterocycles. The molecule has 0 amide bonds. The van der Waals surface area contributed by atoms with E-state index in [4.69, 9.17) is 21.3 Å². The number of ether oxygens (including phenoxy) is 1. The number of hydrogen-bond acceptors (Lipinski definition) is 6. The molecule has 0 unspecified atom stereocenters. The van der Waals surface area contributed by atoms with Crippen LogP contribution in [0.4, 0.5) is 0 Å². The summed E-state index contributed by atoms with van der Waals surface area (Å²) in [6, 6.07) is 1.97. The maximum Gasteiger partial charge on any atom is 0.187 e. The second-order valence-corrected chi connectivity index (χ2v) is 6.99. The fourth-order valence-corrected chi connectivity index (χ4v) is 3.77. The second kappa shape index (κ2) is 5.58. The van der Waals surface area contributed by atoms with Gasteiger partial charge in [-0.2, -0.15) is 5.10 Å². The minimum Gasteiger partial charge on any atom is -0.492 e. The van der Waals surface area contributed by atoms with Crippen LogP contribution in [0.25, 0.3) is 22.1 Å². The fourth-order valence-electron chi connectivity index (χ4n) is 2.57. The molecule has 0 N–H and O–H groups in total. The molecule has 23 heavy (non-hydrogen) atoms. The topological polar surface area (TPSA) is 65.7 Å². The number of rotatable bonds is 2. The second-order valence-electron chi connectivity index (χ2n) is 5.51. The van der Waals surface area contributed by atoms with Gasteiger partial charge in [-0.1, -0.05) is 11.6 Å². The Kier molecular flexibility index (Phi) is 3.54. The quantitative estimate of drug-likeness (QED) is 0.662. The van der Waals surface area contributed by atoms with Crippen molar-refractivity contribution in [3.63, 3.8) is 0 Å². The van der Waals surface area contributed by atoms with E-state index in [1.165, 1.54) is 4.88 Å². The predicted molar refractivity (Wildman–Crippen MR) is 89.0 cm³/mol. The van der Waals surface area contributed by atoms with Gasteiger partial charge in [-0.3, -0.25) is 0 Å². The highest BCUT2D eigenvalue weighted by Crippen LogP contribution is 2.40. The molecular weight excluding hydrogens is 334 g/mol. The van der Waals surface area contributed by atoms with E-state index in [9.17, 15) is 0 Å². The minimum atomic E-state index is 0.229. The van der Waals surface area contributed by atoms with Crippen molar-refractivity contribution in [2.24, 2.45) is 0 Å². The van der Waals surface area contributed by atoms with Gasteiger partial charge >= 0.3 is 0 Å². The monoisotopic (exact) mass is 347 g/mol. The molecule has 0 aromatic carbocycles. The molecule has 0 atom stereocenters. The summed E-state index contributed by atoms with van der Waals surface area (Å²) in [6.45, 7) is 4.75. The van der Waals surface area contributed by atoms with Crippen LogP contribution in [0.5, 0.6) is 5.75 Å². The standard InChI is InChI=1S/C15H14ClN5OS/c1-8(2)21-14(18-7-19-21)15-20-13-9-6-17-12(16)5-10(9)22-4-3-11(13)23-15/h5-8H,3-4H2,1-2H3. The van der Waals surface area contributed by atoms with Gasteiger partial charge < -0.3 is 4.74 Å². The van der Waals surface area contributed by atoms with E-state index in [0.29, 0.717) is 11.8 Å². The Labute approximate surface area is 142 Å². The Balaban J connectivity index is 1.86. The number of nitrogens with zero attached hydrogens (tertiary/aromatic N) is 5. The lowest BCUT2D eigenvalue weighted by Crippen LogP contribution is -2.04. The minimum absolute atomic E-state index is 0.229. The molecule has 8 heteroatoms. The first-order chi connectivity index (χ1) is 11.1. The van der Waals surface area contributed by atoms with Crippen LogP contribution in [0.3, 0.4) is 0 Å². The average molecular weight is 348 g/mol. The number of thiazole rings is 1. The summed E-state index contributed by atoms with van der Waals surface area (Å²) in [5.41, 5.74) is 1.78. The third-order valence-electron chi connectivity index (χ3n) is 3.63. The molecule has 0 bridgehead atoms. The summed E-state index contributed by atoms with van der Waals surface area (Å²) >= 11 is 7.60. The Hall–Kier alpha value is -1.99. The lowest BCUT2D eigenvalue weighted by Gasteiger charge is -2.07. The van der Waals surface area contributed by atoms with Crippen LogP contribution < -0.4 is 4.74 Å². The number of hydrogen-bond donors (Lipinski definition) is 0. The van der Waals surface area contributed by atoms with E-state index in [0.717, 1.165) is 34.3 Å². The van der Waals surface area contributed by atoms with E-state index in [1.54, 1.807) is 29.9 Å². The van der Waals surface area contributed by atoms with Gasteiger partial charge in [0.1, 0.15) is 17.2 Å². The van der Waals surface area contributed by atoms with Crippen LogP contribution in [0, 0.1) is 0 Å². The largest absolute Gasteiger partial charge is 0.492 e. The van der Waals surface area contributed by atoms with Crippen molar-refractivity contribution in [1.29, 1.82) is 0 Å². The first-order valence-corrected chi connectivity index (χ1v) is 8.51. The molecule has 0 saturated heterocycles. The van der Waals surface area contributed by atoms with Crippen molar-refractivity contribution in [2.45, 2.75) is 26.3 Å². The van der Waals surface area contributed by atoms with Gasteiger partial charge in [-0.25, -0.2) is 19.6 Å². The van der Waals surface area contributed by atoms with Gasteiger partial charge in [0.25, 0.3) is 0 Å². The highest BCUT2D eigenvalue weighted by atomic mass is 35.5. The zero-order valence-electron chi connectivity index (χ0n) is 12.7. The predicted octanol–water partition coefficient (Wildman–Crippen LogP) is 3.63. The molecule has 118 valence electrons. The lowest BCUT2D eigenvalue weighted by atomic mass is 10.1. The fraction of sp³-hybridized carbons (Fsp3) is 0.333. The number of fused-ring (bicyclic) bond motifs is 3. The van der Waals surface area contributed by atoms with Crippen molar-refractivity contribution >= 4 is 22.9 Å².